The van der Waals surface area contributed by atoms with Crippen LogP contribution >= 0.6 is 0 Å². The lowest BCUT2D eigenvalue weighted by Gasteiger charge is -2.24. The molecule has 23 heavy (non-hydrogen) atoms. The molecule has 2 rings (SSSR count). The standard InChI is InChI=1S/C17H26N2O4/c1-17(2,3)23-16(21)19-10-14(15(20)11-19)18-9-12-5-7-13(22-4)8-6-12/h5-8,14-15,18,20H,9-11H2,1-4H3. The smallest absolute Gasteiger partial charge is 0.410 e. The van der Waals surface area contributed by atoms with E-state index in [-0.39, 0.29) is 18.7 Å². The van der Waals surface area contributed by atoms with Gasteiger partial charge in [-0.1, -0.05) is 12.1 Å². The molecule has 1 aromatic carbocycles. The number of hydrogen-bond acceptors (Lipinski definition) is 5. The van der Waals surface area contributed by atoms with Crippen LogP contribution in [0.5, 0.6) is 5.75 Å². The number of benzene rings is 1. The number of nitrogens with one attached hydrogen (secondary N) is 1. The highest BCUT2D eigenvalue weighted by atomic mass is 16.6. The molecule has 2 unspecified atom stereocenters. The molecule has 1 aliphatic rings. The minimum Gasteiger partial charge on any atom is -0.497 e. The molecule has 2 atom stereocenters. The summed E-state index contributed by atoms with van der Waals surface area (Å²) in [5, 5.41) is 13.4. The van der Waals surface area contributed by atoms with E-state index in [0.717, 1.165) is 11.3 Å². The fourth-order valence-electron chi connectivity index (χ4n) is 2.46. The Morgan fingerprint density at radius 3 is 2.52 bits per heavy atom. The summed E-state index contributed by atoms with van der Waals surface area (Å²) in [5.74, 6) is 0.811. The van der Waals surface area contributed by atoms with Crippen LogP contribution in [0.1, 0.15) is 26.3 Å². The predicted octanol–water partition coefficient (Wildman–Crippen LogP) is 1.76. The van der Waals surface area contributed by atoms with Crippen LogP contribution in [0, 0.1) is 0 Å². The number of aliphatic hydroxyl groups excluding tert-OH is 1. The summed E-state index contributed by atoms with van der Waals surface area (Å²) in [4.78, 5) is 13.6. The van der Waals surface area contributed by atoms with Crippen molar-refractivity contribution < 1.29 is 19.4 Å². The number of ether oxygens (including phenoxy) is 2. The average molecular weight is 322 g/mol. The van der Waals surface area contributed by atoms with Crippen molar-refractivity contribution in [2.45, 2.75) is 45.1 Å². The highest BCUT2D eigenvalue weighted by Crippen LogP contribution is 2.17. The number of nitrogens with zero attached hydrogens (tertiary/aromatic N) is 1. The molecule has 1 aliphatic heterocycles. The van der Waals surface area contributed by atoms with Gasteiger partial charge >= 0.3 is 6.09 Å². The van der Waals surface area contributed by atoms with Crippen LogP contribution < -0.4 is 10.1 Å². The zero-order valence-electron chi connectivity index (χ0n) is 14.2. The monoisotopic (exact) mass is 322 g/mol. The zero-order chi connectivity index (χ0) is 17.0. The molecule has 0 saturated carbocycles. The molecular formula is C17H26N2O4. The van der Waals surface area contributed by atoms with Crippen LogP contribution in [0.15, 0.2) is 24.3 Å². The number of amides is 1. The number of carbonyl (C=O) groups excluding carboxylic acids is 1. The van der Waals surface area contributed by atoms with Gasteiger partial charge in [0.15, 0.2) is 0 Å². The summed E-state index contributed by atoms with van der Waals surface area (Å²) in [6.07, 6.45) is -0.980. The number of carbonyl (C=O) groups is 1. The molecule has 6 nitrogen and oxygen atoms in total. The van der Waals surface area contributed by atoms with Crippen molar-refractivity contribution in [2.75, 3.05) is 20.2 Å². The molecule has 1 heterocycles. The van der Waals surface area contributed by atoms with Gasteiger partial charge in [0, 0.05) is 13.1 Å². The van der Waals surface area contributed by atoms with Crippen LogP contribution in [0.3, 0.4) is 0 Å². The summed E-state index contributed by atoms with van der Waals surface area (Å²) in [5.41, 5.74) is 0.560. The second kappa shape index (κ2) is 7.19. The summed E-state index contributed by atoms with van der Waals surface area (Å²) < 4.78 is 10.5. The number of hydrogen-bond donors (Lipinski definition) is 2. The fourth-order valence-corrected chi connectivity index (χ4v) is 2.46. The van der Waals surface area contributed by atoms with Crippen LogP contribution in [0.4, 0.5) is 4.79 Å². The molecule has 0 aliphatic carbocycles. The Kier molecular flexibility index (Phi) is 5.49. The van der Waals surface area contributed by atoms with Gasteiger partial charge in [-0.3, -0.25) is 0 Å². The largest absolute Gasteiger partial charge is 0.497 e. The third-order valence-corrected chi connectivity index (χ3v) is 3.67. The van der Waals surface area contributed by atoms with Crippen LogP contribution in [-0.2, 0) is 11.3 Å². The van der Waals surface area contributed by atoms with Crippen molar-refractivity contribution >= 4 is 6.09 Å². The van der Waals surface area contributed by atoms with E-state index in [4.69, 9.17) is 9.47 Å². The van der Waals surface area contributed by atoms with E-state index < -0.39 is 11.7 Å². The molecule has 0 spiro atoms. The van der Waals surface area contributed by atoms with Crippen molar-refractivity contribution in [1.29, 1.82) is 0 Å². The topological polar surface area (TPSA) is 71.0 Å². The molecule has 6 heteroatoms. The van der Waals surface area contributed by atoms with Crippen molar-refractivity contribution in [3.8, 4) is 5.75 Å². The first kappa shape index (κ1) is 17.6. The summed E-state index contributed by atoms with van der Waals surface area (Å²) in [6, 6.07) is 7.58. The van der Waals surface area contributed by atoms with Gasteiger partial charge in [0.1, 0.15) is 11.4 Å². The Labute approximate surface area is 137 Å². The van der Waals surface area contributed by atoms with E-state index in [1.54, 1.807) is 12.0 Å². The lowest BCUT2D eigenvalue weighted by molar-refractivity contribution is 0.0270. The molecular weight excluding hydrogens is 296 g/mol. The van der Waals surface area contributed by atoms with E-state index in [1.807, 2.05) is 45.0 Å². The van der Waals surface area contributed by atoms with Crippen LogP contribution in [0.25, 0.3) is 0 Å². The highest BCUT2D eigenvalue weighted by Gasteiger charge is 2.35. The maximum atomic E-state index is 12.0. The fraction of sp³-hybridized carbons (Fsp3) is 0.588. The van der Waals surface area contributed by atoms with Crippen molar-refractivity contribution in [2.24, 2.45) is 0 Å². The predicted molar refractivity (Wildman–Crippen MR) is 87.4 cm³/mol. The zero-order valence-corrected chi connectivity index (χ0v) is 14.2. The van der Waals surface area contributed by atoms with Gasteiger partial charge in [-0.05, 0) is 38.5 Å². The van der Waals surface area contributed by atoms with Gasteiger partial charge in [0.25, 0.3) is 0 Å². The third kappa shape index (κ3) is 5.11. The van der Waals surface area contributed by atoms with E-state index in [1.165, 1.54) is 0 Å². The second-order valence-electron chi connectivity index (χ2n) is 6.79. The Morgan fingerprint density at radius 2 is 1.96 bits per heavy atom. The van der Waals surface area contributed by atoms with E-state index in [2.05, 4.69) is 5.32 Å². The minimum absolute atomic E-state index is 0.162. The molecule has 0 radical (unpaired) electrons. The molecule has 2 N–H and O–H groups in total. The Morgan fingerprint density at radius 1 is 1.30 bits per heavy atom. The summed E-state index contributed by atoms with van der Waals surface area (Å²) >= 11 is 0. The van der Waals surface area contributed by atoms with Crippen LogP contribution in [-0.4, -0.2) is 54.0 Å². The number of aliphatic hydroxyl groups is 1. The van der Waals surface area contributed by atoms with E-state index >= 15 is 0 Å². The molecule has 1 amide bonds. The van der Waals surface area contributed by atoms with Crippen molar-refractivity contribution in [3.05, 3.63) is 29.8 Å². The van der Waals surface area contributed by atoms with Crippen LogP contribution in [0.2, 0.25) is 0 Å². The lowest BCUT2D eigenvalue weighted by Crippen LogP contribution is -2.39. The number of β-amino-alcohol motifs (C(OH)–C–C–N with tert-alkyl or cyclic N) is 1. The summed E-state index contributed by atoms with van der Waals surface area (Å²) in [7, 11) is 1.63. The first-order valence-electron chi connectivity index (χ1n) is 7.81. The summed E-state index contributed by atoms with van der Waals surface area (Å²) in [6.45, 7) is 6.83. The van der Waals surface area contributed by atoms with Gasteiger partial charge in [-0.2, -0.15) is 0 Å². The maximum absolute atomic E-state index is 12.0. The van der Waals surface area contributed by atoms with Gasteiger partial charge in [-0.15, -0.1) is 0 Å². The molecule has 0 bridgehead atoms. The van der Waals surface area contributed by atoms with Gasteiger partial charge in [0.05, 0.1) is 25.8 Å². The van der Waals surface area contributed by atoms with Crippen molar-refractivity contribution in [3.63, 3.8) is 0 Å². The number of methoxy groups -OCH3 is 1. The molecule has 1 aromatic rings. The number of rotatable bonds is 4. The average Bonchev–Trinajstić information content (AvgIpc) is 2.85. The van der Waals surface area contributed by atoms with E-state index in [0.29, 0.717) is 13.1 Å². The maximum Gasteiger partial charge on any atom is 0.410 e. The van der Waals surface area contributed by atoms with Gasteiger partial charge < -0.3 is 24.8 Å². The third-order valence-electron chi connectivity index (χ3n) is 3.67. The molecule has 0 aromatic heterocycles. The van der Waals surface area contributed by atoms with Gasteiger partial charge in [0.2, 0.25) is 0 Å². The normalized spacial score (nSPS) is 21.3. The second-order valence-corrected chi connectivity index (χ2v) is 6.79. The Balaban J connectivity index is 1.85. The first-order chi connectivity index (χ1) is 10.8. The highest BCUT2D eigenvalue weighted by molar-refractivity contribution is 5.68. The molecule has 128 valence electrons. The minimum atomic E-state index is -0.597. The SMILES string of the molecule is COc1ccc(CNC2CN(C(=O)OC(C)(C)C)CC2O)cc1. The van der Waals surface area contributed by atoms with Gasteiger partial charge in [-0.25, -0.2) is 4.79 Å². The Bertz CT molecular complexity index is 524. The number of likely N-dealkylation sites (tertiary alicyclic amines) is 1. The lowest BCUT2D eigenvalue weighted by atomic mass is 10.1. The van der Waals surface area contributed by atoms with Crippen molar-refractivity contribution in [1.82, 2.24) is 10.2 Å². The van der Waals surface area contributed by atoms with E-state index in [9.17, 15) is 9.90 Å². The first-order valence-corrected chi connectivity index (χ1v) is 7.81. The molecule has 1 fully saturated rings. The quantitative estimate of drug-likeness (QED) is 0.884. The Hall–Kier alpha value is -1.79. The molecule has 1 saturated heterocycles.